The molecule has 0 unspecified atom stereocenters. The second-order valence-electron chi connectivity index (χ2n) is 8.88. The number of amides is 1. The third-order valence-corrected chi connectivity index (χ3v) is 6.81. The van der Waals surface area contributed by atoms with E-state index in [0.717, 1.165) is 19.6 Å². The Morgan fingerprint density at radius 2 is 2.09 bits per heavy atom. The van der Waals surface area contributed by atoms with Crippen molar-refractivity contribution < 1.29 is 23.5 Å². The van der Waals surface area contributed by atoms with Gasteiger partial charge in [0, 0.05) is 31.9 Å². The number of carbonyl (C=O) groups is 2. The van der Waals surface area contributed by atoms with E-state index < -0.39 is 17.8 Å². The van der Waals surface area contributed by atoms with E-state index >= 15 is 0 Å². The molecule has 0 bridgehead atoms. The highest BCUT2D eigenvalue weighted by Gasteiger charge is 2.41. The Kier molecular flexibility index (Phi) is 8.25. The normalized spacial score (nSPS) is 20.5. The van der Waals surface area contributed by atoms with Crippen LogP contribution in [0.3, 0.4) is 0 Å². The monoisotopic (exact) mass is 502 g/mol. The summed E-state index contributed by atoms with van der Waals surface area (Å²) in [5.41, 5.74) is 2.16. The zero-order valence-corrected chi connectivity index (χ0v) is 21.1. The van der Waals surface area contributed by atoms with Crippen LogP contribution in [0.25, 0.3) is 0 Å². The summed E-state index contributed by atoms with van der Waals surface area (Å²) in [7, 11) is 0. The minimum atomic E-state index is -0.646. The summed E-state index contributed by atoms with van der Waals surface area (Å²) in [6, 6.07) is 5.51. The standard InChI is InChI=1S/C25H31FN4O4S/c1-16(2)34-24(32)22-17(3)28-25-30(23(22)18-5-4-6-19(26)13-18)20(15-35-25)14-21(31)27-7-8-29-9-11-33-12-10-29/h4-6,13,15-16,23H,7-12,14H2,1-3H3,(H,27,31)/t23-/m1/s1. The molecule has 1 aromatic carbocycles. The van der Waals surface area contributed by atoms with Gasteiger partial charge in [-0.25, -0.2) is 14.2 Å². The van der Waals surface area contributed by atoms with Crippen LogP contribution in [0.5, 0.6) is 0 Å². The van der Waals surface area contributed by atoms with Crippen molar-refractivity contribution in [1.82, 2.24) is 15.1 Å². The van der Waals surface area contributed by atoms with Crippen LogP contribution in [0.4, 0.5) is 4.39 Å². The SMILES string of the molecule is CC1=C(C(=O)OC(C)C)[C@@H](c2cccc(F)c2)N2C(CC(=O)NCCN3CCOCC3)=CSC2=N1. The molecule has 0 radical (unpaired) electrons. The maximum atomic E-state index is 14.2. The maximum absolute atomic E-state index is 14.2. The first-order valence-electron chi connectivity index (χ1n) is 11.8. The number of halogens is 1. The van der Waals surface area contributed by atoms with Crippen LogP contribution in [0.2, 0.25) is 0 Å². The number of morpholine rings is 1. The summed E-state index contributed by atoms with van der Waals surface area (Å²) in [6.07, 6.45) is -0.200. The molecule has 1 amide bonds. The smallest absolute Gasteiger partial charge is 0.338 e. The zero-order chi connectivity index (χ0) is 24.9. The van der Waals surface area contributed by atoms with Gasteiger partial charge in [-0.15, -0.1) is 0 Å². The van der Waals surface area contributed by atoms with Crippen LogP contribution in [0.15, 0.2) is 51.6 Å². The Morgan fingerprint density at radius 1 is 1.31 bits per heavy atom. The van der Waals surface area contributed by atoms with E-state index in [4.69, 9.17) is 9.47 Å². The number of carbonyl (C=O) groups excluding carboxylic acids is 2. The number of allylic oxidation sites excluding steroid dienone is 1. The third kappa shape index (κ3) is 6.12. The Balaban J connectivity index is 1.53. The van der Waals surface area contributed by atoms with Gasteiger partial charge in [-0.2, -0.15) is 0 Å². The predicted octanol–water partition coefficient (Wildman–Crippen LogP) is 3.19. The molecule has 4 rings (SSSR count). The van der Waals surface area contributed by atoms with Gasteiger partial charge in [0.25, 0.3) is 0 Å². The highest BCUT2D eigenvalue weighted by molar-refractivity contribution is 8.16. The second-order valence-corrected chi connectivity index (χ2v) is 9.72. The van der Waals surface area contributed by atoms with Gasteiger partial charge in [0.1, 0.15) is 5.82 Å². The lowest BCUT2D eigenvalue weighted by Crippen LogP contribution is -2.42. The number of nitrogens with one attached hydrogen (secondary N) is 1. The molecule has 3 heterocycles. The van der Waals surface area contributed by atoms with Gasteiger partial charge < -0.3 is 19.7 Å². The Labute approximate surface area is 209 Å². The minimum absolute atomic E-state index is 0.118. The average Bonchev–Trinajstić information content (AvgIpc) is 3.20. The van der Waals surface area contributed by atoms with Crippen LogP contribution < -0.4 is 5.32 Å². The summed E-state index contributed by atoms with van der Waals surface area (Å²) in [6.45, 7) is 9.77. The molecular weight excluding hydrogens is 471 g/mol. The van der Waals surface area contributed by atoms with E-state index in [0.29, 0.717) is 47.5 Å². The van der Waals surface area contributed by atoms with Crippen molar-refractivity contribution in [2.45, 2.75) is 39.3 Å². The summed E-state index contributed by atoms with van der Waals surface area (Å²) < 4.78 is 25.1. The first-order chi connectivity index (χ1) is 16.8. The molecule has 1 N–H and O–H groups in total. The fraction of sp³-hybridized carbons (Fsp3) is 0.480. The third-order valence-electron chi connectivity index (χ3n) is 5.92. The van der Waals surface area contributed by atoms with Crippen molar-refractivity contribution >= 4 is 28.8 Å². The van der Waals surface area contributed by atoms with Gasteiger partial charge in [0.2, 0.25) is 5.91 Å². The molecule has 1 fully saturated rings. The number of nitrogens with zero attached hydrogens (tertiary/aromatic N) is 3. The molecule has 1 atom stereocenters. The molecule has 8 nitrogen and oxygen atoms in total. The van der Waals surface area contributed by atoms with E-state index in [2.05, 4.69) is 15.2 Å². The number of amidine groups is 1. The quantitative estimate of drug-likeness (QED) is 0.547. The number of thioether (sulfide) groups is 1. The van der Waals surface area contributed by atoms with E-state index in [1.807, 2.05) is 10.3 Å². The highest BCUT2D eigenvalue weighted by Crippen LogP contribution is 2.45. The molecule has 0 spiro atoms. The topological polar surface area (TPSA) is 83.5 Å². The van der Waals surface area contributed by atoms with Crippen molar-refractivity contribution in [3.05, 3.63) is 58.0 Å². The van der Waals surface area contributed by atoms with Crippen molar-refractivity contribution in [2.24, 2.45) is 4.99 Å². The van der Waals surface area contributed by atoms with Crippen molar-refractivity contribution in [2.75, 3.05) is 39.4 Å². The van der Waals surface area contributed by atoms with Gasteiger partial charge in [-0.1, -0.05) is 23.9 Å². The molecule has 3 aliphatic rings. The van der Waals surface area contributed by atoms with E-state index in [9.17, 15) is 14.0 Å². The molecule has 1 saturated heterocycles. The first-order valence-corrected chi connectivity index (χ1v) is 12.7. The summed E-state index contributed by atoms with van der Waals surface area (Å²) in [5.74, 6) is -1.03. The Morgan fingerprint density at radius 3 is 2.80 bits per heavy atom. The van der Waals surface area contributed by atoms with Gasteiger partial charge >= 0.3 is 5.97 Å². The van der Waals surface area contributed by atoms with E-state index in [1.165, 1.54) is 23.9 Å². The molecule has 35 heavy (non-hydrogen) atoms. The largest absolute Gasteiger partial charge is 0.459 e. The fourth-order valence-electron chi connectivity index (χ4n) is 4.31. The zero-order valence-electron chi connectivity index (χ0n) is 20.3. The predicted molar refractivity (Wildman–Crippen MR) is 133 cm³/mol. The Hall–Kier alpha value is -2.69. The van der Waals surface area contributed by atoms with E-state index in [-0.39, 0.29) is 18.4 Å². The first kappa shape index (κ1) is 25.4. The van der Waals surface area contributed by atoms with Gasteiger partial charge in [0.05, 0.1) is 43.1 Å². The molecular formula is C25H31FN4O4S. The number of hydrogen-bond acceptors (Lipinski definition) is 8. The van der Waals surface area contributed by atoms with Crippen molar-refractivity contribution in [3.63, 3.8) is 0 Å². The summed E-state index contributed by atoms with van der Waals surface area (Å²) in [4.78, 5) is 34.6. The average molecular weight is 503 g/mol. The molecule has 0 aliphatic carbocycles. The lowest BCUT2D eigenvalue weighted by molar-refractivity contribution is -0.143. The molecule has 0 saturated carbocycles. The molecule has 3 aliphatic heterocycles. The van der Waals surface area contributed by atoms with Crippen LogP contribution in [-0.4, -0.2) is 72.3 Å². The van der Waals surface area contributed by atoms with Crippen molar-refractivity contribution in [3.8, 4) is 0 Å². The van der Waals surface area contributed by atoms with Gasteiger partial charge in [-0.05, 0) is 43.9 Å². The lowest BCUT2D eigenvalue weighted by atomic mass is 9.93. The number of hydrogen-bond donors (Lipinski definition) is 1. The molecule has 10 heteroatoms. The summed E-state index contributed by atoms with van der Waals surface area (Å²) >= 11 is 1.39. The molecule has 188 valence electrons. The number of benzene rings is 1. The number of fused-ring (bicyclic) bond motifs is 1. The minimum Gasteiger partial charge on any atom is -0.459 e. The number of ether oxygens (including phenoxy) is 2. The molecule has 1 aromatic rings. The van der Waals surface area contributed by atoms with Crippen LogP contribution in [0.1, 0.15) is 38.8 Å². The van der Waals surface area contributed by atoms with Crippen LogP contribution in [-0.2, 0) is 19.1 Å². The summed E-state index contributed by atoms with van der Waals surface area (Å²) in [5, 5.41) is 5.50. The van der Waals surface area contributed by atoms with Gasteiger partial charge in [0.15, 0.2) is 5.17 Å². The maximum Gasteiger partial charge on any atom is 0.338 e. The highest BCUT2D eigenvalue weighted by atomic mass is 32.2. The number of rotatable bonds is 8. The number of esters is 1. The lowest BCUT2D eigenvalue weighted by Gasteiger charge is -2.36. The Bertz CT molecular complexity index is 1070. The van der Waals surface area contributed by atoms with E-state index in [1.54, 1.807) is 32.9 Å². The van der Waals surface area contributed by atoms with Crippen molar-refractivity contribution in [1.29, 1.82) is 0 Å². The number of aliphatic imine (C=N–C) groups is 1. The van der Waals surface area contributed by atoms with Crippen LogP contribution in [0, 0.1) is 5.82 Å². The fourth-order valence-corrected chi connectivity index (χ4v) is 5.27. The molecule has 0 aromatic heterocycles. The second kappa shape index (κ2) is 11.4. The van der Waals surface area contributed by atoms with Crippen LogP contribution >= 0.6 is 11.8 Å². The van der Waals surface area contributed by atoms with Gasteiger partial charge in [-0.3, -0.25) is 9.69 Å².